The van der Waals surface area contributed by atoms with E-state index in [1.165, 1.54) is 54.4 Å². The molecule has 0 aliphatic heterocycles. The Labute approximate surface area is 248 Å². The second kappa shape index (κ2) is 9.13. The molecule has 0 radical (unpaired) electrons. The van der Waals surface area contributed by atoms with E-state index in [4.69, 9.17) is 4.98 Å². The van der Waals surface area contributed by atoms with Gasteiger partial charge >= 0.3 is 0 Å². The molecule has 4 saturated carbocycles. The molecule has 4 bridgehead atoms. The van der Waals surface area contributed by atoms with Crippen LogP contribution in [0.2, 0.25) is 0 Å². The van der Waals surface area contributed by atoms with Crippen molar-refractivity contribution in [1.82, 2.24) is 4.98 Å². The molecule has 1 heterocycles. The molecule has 206 valence electrons. The Balaban J connectivity index is 1.19. The van der Waals surface area contributed by atoms with Gasteiger partial charge < -0.3 is 4.57 Å². The van der Waals surface area contributed by atoms with Crippen molar-refractivity contribution in [2.45, 2.75) is 37.5 Å². The summed E-state index contributed by atoms with van der Waals surface area (Å²) >= 11 is 0. The normalized spacial score (nSPS) is 26.8. The highest BCUT2D eigenvalue weighted by Gasteiger charge is 2.61. The first-order chi connectivity index (χ1) is 20.7. The van der Waals surface area contributed by atoms with Gasteiger partial charge in [-0.3, -0.25) is 4.98 Å². The number of hydrogen-bond donors (Lipinski definition) is 0. The zero-order valence-corrected chi connectivity index (χ0v) is 24.6. The fraction of sp³-hybridized carbons (Fsp3) is 0.256. The van der Waals surface area contributed by atoms with Crippen LogP contribution in [0.15, 0.2) is 122 Å². The van der Waals surface area contributed by atoms with Crippen molar-refractivity contribution >= 4 is 23.1 Å². The first-order valence-corrected chi connectivity index (χ1v) is 17.3. The van der Waals surface area contributed by atoms with Crippen molar-refractivity contribution in [3.05, 3.63) is 133 Å². The van der Waals surface area contributed by atoms with E-state index >= 15 is 4.57 Å². The Morgan fingerprint density at radius 3 is 1.86 bits per heavy atom. The molecule has 42 heavy (non-hydrogen) atoms. The van der Waals surface area contributed by atoms with Crippen molar-refractivity contribution in [2.75, 3.05) is 0 Å². The van der Waals surface area contributed by atoms with E-state index in [0.29, 0.717) is 0 Å². The Hall–Kier alpha value is -3.74. The monoisotopic (exact) mass is 563 g/mol. The van der Waals surface area contributed by atoms with E-state index in [1.807, 2.05) is 72.9 Å². The van der Waals surface area contributed by atoms with Crippen molar-refractivity contribution in [1.29, 1.82) is 0 Å². The van der Waals surface area contributed by atoms with Gasteiger partial charge in [0.1, 0.15) is 0 Å². The molecule has 5 aromatic rings. The van der Waals surface area contributed by atoms with Gasteiger partial charge in [0, 0.05) is 33.7 Å². The van der Waals surface area contributed by atoms with Gasteiger partial charge in [0.15, 0.2) is 7.14 Å². The quantitative estimate of drug-likeness (QED) is 0.207. The summed E-state index contributed by atoms with van der Waals surface area (Å²) in [4.78, 5) is 4.69. The van der Waals surface area contributed by atoms with Crippen molar-refractivity contribution in [2.24, 2.45) is 23.7 Å². The Bertz CT molecular complexity index is 1810. The number of fused-ring (bicyclic) bond motifs is 3. The fourth-order valence-corrected chi connectivity index (χ4v) is 12.5. The van der Waals surface area contributed by atoms with Crippen molar-refractivity contribution in [3.63, 3.8) is 0 Å². The van der Waals surface area contributed by atoms with E-state index in [-0.39, 0.29) is 5.41 Å². The highest BCUT2D eigenvalue weighted by Crippen LogP contribution is 2.69. The maximum absolute atomic E-state index is 15.1. The highest BCUT2D eigenvalue weighted by molar-refractivity contribution is 7.85. The molecule has 2 nitrogen and oxygen atoms in total. The van der Waals surface area contributed by atoms with Gasteiger partial charge in [-0.2, -0.15) is 0 Å². The third-order valence-electron chi connectivity index (χ3n) is 11.2. The van der Waals surface area contributed by atoms with E-state index in [1.54, 1.807) is 5.56 Å². The summed E-state index contributed by atoms with van der Waals surface area (Å²) in [5.74, 6) is 3.31. The lowest BCUT2D eigenvalue weighted by Crippen LogP contribution is -2.55. The first kappa shape index (κ1) is 24.8. The number of pyridine rings is 1. The third-order valence-corrected chi connectivity index (χ3v) is 14.3. The van der Waals surface area contributed by atoms with Gasteiger partial charge in [0.2, 0.25) is 0 Å². The van der Waals surface area contributed by atoms with Crippen LogP contribution in [0.1, 0.15) is 43.2 Å². The van der Waals surface area contributed by atoms with Crippen LogP contribution in [0.4, 0.5) is 0 Å². The molecular formula is C39H34NOP. The zero-order chi connectivity index (χ0) is 27.9. The van der Waals surface area contributed by atoms with Crippen LogP contribution in [0.25, 0.3) is 22.3 Å². The maximum Gasteiger partial charge on any atom is 0.171 e. The molecule has 1 spiro atoms. The summed E-state index contributed by atoms with van der Waals surface area (Å²) in [7, 11) is -3.04. The summed E-state index contributed by atoms with van der Waals surface area (Å²) in [5.41, 5.74) is 8.22. The van der Waals surface area contributed by atoms with Crippen LogP contribution in [0.5, 0.6) is 0 Å². The van der Waals surface area contributed by atoms with E-state index < -0.39 is 7.14 Å². The molecule has 0 saturated heterocycles. The molecule has 10 rings (SSSR count). The molecule has 0 atom stereocenters. The molecule has 3 heteroatoms. The standard InChI is InChI=1S/C39H34NOP/c41-42(32-9-3-1-4-10-32,33-11-5-2-6-12-33)34-13-7-8-28(23-34)29-14-15-37-36(24-29)35-16-17-40-25-38(35)39(37)30-19-26-18-27(21-30)22-31(39)20-26/h1-17,23-27,30-31H,18-22H2. The summed E-state index contributed by atoms with van der Waals surface area (Å²) in [5, 5.41) is 2.61. The van der Waals surface area contributed by atoms with E-state index in [0.717, 1.165) is 45.1 Å². The van der Waals surface area contributed by atoms with E-state index in [9.17, 15) is 0 Å². The van der Waals surface area contributed by atoms with Gasteiger partial charge in [-0.05, 0) is 107 Å². The molecule has 4 fully saturated rings. The molecule has 4 aromatic carbocycles. The number of hydrogen-bond acceptors (Lipinski definition) is 2. The summed E-state index contributed by atoms with van der Waals surface area (Å²) in [6.07, 6.45) is 11.1. The lowest BCUT2D eigenvalue weighted by atomic mass is 9.43. The SMILES string of the molecule is O=P(c1ccccc1)(c1ccccc1)c1cccc(-c2ccc3c(c2)-c2ccncc2C32C3CC4CC(C3)CC2C4)c1. The van der Waals surface area contributed by atoms with Crippen LogP contribution < -0.4 is 15.9 Å². The van der Waals surface area contributed by atoms with Crippen LogP contribution in [0, 0.1) is 23.7 Å². The van der Waals surface area contributed by atoms with Gasteiger partial charge in [0.05, 0.1) is 0 Å². The Morgan fingerprint density at radius 1 is 0.571 bits per heavy atom. The molecular weight excluding hydrogens is 529 g/mol. The Kier molecular flexibility index (Phi) is 5.39. The summed E-state index contributed by atoms with van der Waals surface area (Å²) in [6.45, 7) is 0. The Morgan fingerprint density at radius 2 is 1.19 bits per heavy atom. The van der Waals surface area contributed by atoms with Gasteiger partial charge in [-0.1, -0.05) is 91.0 Å². The molecule has 5 aliphatic rings. The molecule has 0 N–H and O–H groups in total. The number of rotatable bonds is 4. The highest BCUT2D eigenvalue weighted by atomic mass is 31.2. The first-order valence-electron chi connectivity index (χ1n) is 15.6. The minimum Gasteiger partial charge on any atom is -0.309 e. The lowest BCUT2D eigenvalue weighted by Gasteiger charge is -2.61. The van der Waals surface area contributed by atoms with Crippen LogP contribution in [-0.4, -0.2) is 4.98 Å². The van der Waals surface area contributed by atoms with Gasteiger partial charge in [-0.15, -0.1) is 0 Å². The van der Waals surface area contributed by atoms with E-state index in [2.05, 4.69) is 48.7 Å². The summed E-state index contributed by atoms with van der Waals surface area (Å²) in [6, 6.07) is 37.9. The molecule has 5 aliphatic carbocycles. The van der Waals surface area contributed by atoms with Crippen molar-refractivity contribution in [3.8, 4) is 22.3 Å². The minimum atomic E-state index is -3.04. The smallest absolute Gasteiger partial charge is 0.171 e. The number of aromatic nitrogens is 1. The second-order valence-electron chi connectivity index (χ2n) is 13.2. The minimum absolute atomic E-state index is 0.128. The largest absolute Gasteiger partial charge is 0.309 e. The van der Waals surface area contributed by atoms with Crippen molar-refractivity contribution < 1.29 is 4.57 Å². The number of nitrogens with zero attached hydrogens (tertiary/aromatic N) is 1. The third kappa shape index (κ3) is 3.34. The molecule has 1 aromatic heterocycles. The topological polar surface area (TPSA) is 30.0 Å². The number of benzene rings is 4. The average molecular weight is 564 g/mol. The summed E-state index contributed by atoms with van der Waals surface area (Å²) < 4.78 is 15.1. The average Bonchev–Trinajstić information content (AvgIpc) is 3.34. The predicted octanol–water partition coefficient (Wildman–Crippen LogP) is 8.11. The zero-order valence-electron chi connectivity index (χ0n) is 23.7. The molecule has 0 amide bonds. The van der Waals surface area contributed by atoms with Crippen LogP contribution in [-0.2, 0) is 9.98 Å². The maximum atomic E-state index is 15.1. The van der Waals surface area contributed by atoms with Crippen LogP contribution >= 0.6 is 7.14 Å². The lowest BCUT2D eigenvalue weighted by molar-refractivity contribution is -0.0400. The van der Waals surface area contributed by atoms with Crippen LogP contribution in [0.3, 0.4) is 0 Å². The fourth-order valence-electron chi connectivity index (χ4n) is 9.82. The van der Waals surface area contributed by atoms with Gasteiger partial charge in [0.25, 0.3) is 0 Å². The van der Waals surface area contributed by atoms with Gasteiger partial charge in [-0.25, -0.2) is 0 Å². The molecule has 0 unspecified atom stereocenters. The second-order valence-corrected chi connectivity index (χ2v) is 16.0. The predicted molar refractivity (Wildman–Crippen MR) is 172 cm³/mol.